The summed E-state index contributed by atoms with van der Waals surface area (Å²) in [6, 6.07) is 6.23. The van der Waals surface area contributed by atoms with Gasteiger partial charge in [0, 0.05) is 16.2 Å². The fraction of sp³-hybridized carbons (Fsp3) is 0.100. The number of nitrogens with zero attached hydrogens (tertiary/aromatic N) is 1. The number of H-pyrrole nitrogens is 1. The van der Waals surface area contributed by atoms with Gasteiger partial charge >= 0.3 is 0 Å². The number of aromatic amines is 1. The number of nitrogens with two attached hydrogens (primary N) is 1. The van der Waals surface area contributed by atoms with Crippen molar-refractivity contribution in [3.8, 4) is 0 Å². The molecule has 0 aliphatic carbocycles. The molecular weight excluding hydrogens is 320 g/mol. The smallest absolute Gasteiger partial charge is 0.265 e. The second kappa shape index (κ2) is 4.62. The lowest BCUT2D eigenvalue weighted by atomic mass is 10.3. The van der Waals surface area contributed by atoms with E-state index >= 15 is 0 Å². The first-order valence-corrected chi connectivity index (χ1v) is 7.26. The molecular formula is C10H11BrN4O2S. The van der Waals surface area contributed by atoms with E-state index in [0.717, 1.165) is 5.69 Å². The fourth-order valence-corrected chi connectivity index (χ4v) is 3.07. The summed E-state index contributed by atoms with van der Waals surface area (Å²) in [6.45, 7) is 1.78. The van der Waals surface area contributed by atoms with Gasteiger partial charge in [0.2, 0.25) is 0 Å². The van der Waals surface area contributed by atoms with E-state index in [1.807, 2.05) is 0 Å². The minimum absolute atomic E-state index is 0.0116. The molecule has 0 bridgehead atoms. The Labute approximate surface area is 113 Å². The molecule has 0 saturated heterocycles. The molecule has 2 aromatic rings. The second-order valence-corrected chi connectivity index (χ2v) is 6.29. The number of benzene rings is 1. The highest BCUT2D eigenvalue weighted by Crippen LogP contribution is 2.24. The van der Waals surface area contributed by atoms with Gasteiger partial charge in [-0.15, -0.1) is 0 Å². The van der Waals surface area contributed by atoms with Gasteiger partial charge in [0.25, 0.3) is 10.0 Å². The summed E-state index contributed by atoms with van der Waals surface area (Å²) in [5.74, 6) is 0.229. The molecule has 0 unspecified atom stereocenters. The predicted octanol–water partition coefficient (Wildman–Crippen LogP) is 1.86. The third-order valence-corrected chi connectivity index (χ3v) is 4.11. The molecule has 0 amide bonds. The van der Waals surface area contributed by atoms with Crippen LogP contribution >= 0.6 is 15.9 Å². The Balaban J connectivity index is 2.39. The van der Waals surface area contributed by atoms with E-state index in [0.29, 0.717) is 4.47 Å². The highest BCUT2D eigenvalue weighted by molar-refractivity contribution is 9.10. The third-order valence-electron chi connectivity index (χ3n) is 2.21. The van der Waals surface area contributed by atoms with Crippen LogP contribution < -0.4 is 10.5 Å². The SMILES string of the molecule is Cc1cc(NS(=O)(=O)c2cc(Br)ccc2N)n[nH]1. The number of anilines is 2. The van der Waals surface area contributed by atoms with Gasteiger partial charge in [-0.2, -0.15) is 5.10 Å². The van der Waals surface area contributed by atoms with E-state index in [1.54, 1.807) is 19.1 Å². The Morgan fingerprint density at radius 1 is 1.39 bits per heavy atom. The van der Waals surface area contributed by atoms with Gasteiger partial charge in [-0.05, 0) is 25.1 Å². The molecule has 0 aliphatic heterocycles. The van der Waals surface area contributed by atoms with E-state index in [-0.39, 0.29) is 16.4 Å². The van der Waals surface area contributed by atoms with Crippen LogP contribution in [0.3, 0.4) is 0 Å². The Morgan fingerprint density at radius 3 is 2.72 bits per heavy atom. The Hall–Kier alpha value is -1.54. The number of sulfonamides is 1. The van der Waals surface area contributed by atoms with E-state index in [9.17, 15) is 8.42 Å². The molecule has 1 heterocycles. The third kappa shape index (κ3) is 2.65. The molecule has 1 aromatic heterocycles. The molecule has 0 radical (unpaired) electrons. The van der Waals surface area contributed by atoms with E-state index in [4.69, 9.17) is 5.73 Å². The molecule has 0 fully saturated rings. The second-order valence-electron chi connectivity index (χ2n) is 3.72. The fourth-order valence-electron chi connectivity index (χ4n) is 1.40. The first-order chi connectivity index (χ1) is 8.38. The van der Waals surface area contributed by atoms with Gasteiger partial charge < -0.3 is 5.73 Å². The standard InChI is InChI=1S/C10H11BrN4O2S/c1-6-4-10(14-13-6)15-18(16,17)9-5-7(11)2-3-8(9)12/h2-5H,12H2,1H3,(H2,13,14,15). The highest BCUT2D eigenvalue weighted by atomic mass is 79.9. The summed E-state index contributed by atoms with van der Waals surface area (Å²) < 4.78 is 27.2. The average molecular weight is 331 g/mol. The van der Waals surface area contributed by atoms with Crippen LogP contribution in [0.4, 0.5) is 11.5 Å². The number of nitrogen functional groups attached to an aromatic ring is 1. The Kier molecular flexibility index (Phi) is 3.31. The predicted molar refractivity (Wildman–Crippen MR) is 72.7 cm³/mol. The lowest BCUT2D eigenvalue weighted by Gasteiger charge is -2.08. The van der Waals surface area contributed by atoms with Crippen molar-refractivity contribution in [3.05, 3.63) is 34.4 Å². The molecule has 4 N–H and O–H groups in total. The number of hydrogen-bond acceptors (Lipinski definition) is 4. The van der Waals surface area contributed by atoms with Gasteiger partial charge in [-0.25, -0.2) is 8.42 Å². The van der Waals surface area contributed by atoms with Crippen LogP contribution in [0, 0.1) is 6.92 Å². The van der Waals surface area contributed by atoms with Gasteiger partial charge in [0.15, 0.2) is 5.82 Å². The van der Waals surface area contributed by atoms with Crippen molar-refractivity contribution in [2.45, 2.75) is 11.8 Å². The maximum Gasteiger partial charge on any atom is 0.265 e. The lowest BCUT2D eigenvalue weighted by Crippen LogP contribution is -2.15. The summed E-state index contributed by atoms with van der Waals surface area (Å²) in [4.78, 5) is 0.0116. The molecule has 6 nitrogen and oxygen atoms in total. The van der Waals surface area contributed by atoms with Crippen LogP contribution in [0.1, 0.15) is 5.69 Å². The largest absolute Gasteiger partial charge is 0.398 e. The molecule has 0 aliphatic rings. The van der Waals surface area contributed by atoms with Gasteiger partial charge in [-0.3, -0.25) is 9.82 Å². The molecule has 2 rings (SSSR count). The maximum atomic E-state index is 12.1. The number of halogens is 1. The average Bonchev–Trinajstić information content (AvgIpc) is 2.66. The first-order valence-electron chi connectivity index (χ1n) is 4.98. The normalized spacial score (nSPS) is 11.4. The van der Waals surface area contributed by atoms with Gasteiger partial charge in [-0.1, -0.05) is 15.9 Å². The Morgan fingerprint density at radius 2 is 2.11 bits per heavy atom. The van der Waals surface area contributed by atoms with Crippen molar-refractivity contribution in [2.24, 2.45) is 0 Å². The molecule has 1 aromatic carbocycles. The quantitative estimate of drug-likeness (QED) is 0.747. The van der Waals surface area contributed by atoms with Crippen molar-refractivity contribution < 1.29 is 8.42 Å². The molecule has 8 heteroatoms. The zero-order valence-corrected chi connectivity index (χ0v) is 11.8. The van der Waals surface area contributed by atoms with Crippen molar-refractivity contribution in [1.82, 2.24) is 10.2 Å². The summed E-state index contributed by atoms with van der Waals surface area (Å²) >= 11 is 3.21. The number of nitrogens with one attached hydrogen (secondary N) is 2. The van der Waals surface area contributed by atoms with Crippen LogP contribution in [0.5, 0.6) is 0 Å². The highest BCUT2D eigenvalue weighted by Gasteiger charge is 2.19. The van der Waals surface area contributed by atoms with Crippen LogP contribution in [0.15, 0.2) is 33.6 Å². The molecule has 0 saturated carbocycles. The Bertz CT molecular complexity index is 681. The maximum absolute atomic E-state index is 12.1. The number of hydrogen-bond donors (Lipinski definition) is 3. The van der Waals surface area contributed by atoms with Crippen molar-refractivity contribution >= 4 is 37.5 Å². The first kappa shape index (κ1) is 12.9. The summed E-state index contributed by atoms with van der Waals surface area (Å²) in [5, 5.41) is 6.46. The number of aromatic nitrogens is 2. The van der Waals surface area contributed by atoms with E-state index < -0.39 is 10.0 Å². The van der Waals surface area contributed by atoms with E-state index in [2.05, 4.69) is 30.8 Å². The van der Waals surface area contributed by atoms with Crippen LogP contribution in [-0.2, 0) is 10.0 Å². The zero-order chi connectivity index (χ0) is 13.3. The zero-order valence-electron chi connectivity index (χ0n) is 9.44. The molecule has 0 spiro atoms. The number of rotatable bonds is 3. The monoisotopic (exact) mass is 330 g/mol. The molecule has 96 valence electrons. The molecule has 18 heavy (non-hydrogen) atoms. The summed E-state index contributed by atoms with van der Waals surface area (Å²) in [7, 11) is -3.74. The van der Waals surface area contributed by atoms with Crippen LogP contribution in [0.2, 0.25) is 0 Å². The van der Waals surface area contributed by atoms with Gasteiger partial charge in [0.1, 0.15) is 4.90 Å². The van der Waals surface area contributed by atoms with Crippen molar-refractivity contribution in [2.75, 3.05) is 10.5 Å². The van der Waals surface area contributed by atoms with Crippen molar-refractivity contribution in [3.63, 3.8) is 0 Å². The minimum atomic E-state index is -3.74. The summed E-state index contributed by atoms with van der Waals surface area (Å²) in [5.41, 5.74) is 6.60. The molecule has 0 atom stereocenters. The lowest BCUT2D eigenvalue weighted by molar-refractivity contribution is 0.601. The van der Waals surface area contributed by atoms with Crippen molar-refractivity contribution in [1.29, 1.82) is 0 Å². The number of aryl methyl sites for hydroxylation is 1. The topological polar surface area (TPSA) is 101 Å². The minimum Gasteiger partial charge on any atom is -0.398 e. The van der Waals surface area contributed by atoms with Crippen LogP contribution in [0.25, 0.3) is 0 Å². The van der Waals surface area contributed by atoms with Gasteiger partial charge in [0.05, 0.1) is 5.69 Å². The summed E-state index contributed by atoms with van der Waals surface area (Å²) in [6.07, 6.45) is 0. The van der Waals surface area contributed by atoms with E-state index in [1.165, 1.54) is 12.1 Å². The van der Waals surface area contributed by atoms with Crippen LogP contribution in [-0.4, -0.2) is 18.6 Å².